The Morgan fingerprint density at radius 2 is 1.84 bits per heavy atom. The van der Waals surface area contributed by atoms with Gasteiger partial charge in [0.25, 0.3) is 5.91 Å². The number of nitrogens with zero attached hydrogens (tertiary/aromatic N) is 4. The highest BCUT2D eigenvalue weighted by molar-refractivity contribution is 6.30. The van der Waals surface area contributed by atoms with Crippen molar-refractivity contribution < 1.29 is 14.3 Å². The van der Waals surface area contributed by atoms with Gasteiger partial charge in [-0.3, -0.25) is 9.48 Å². The summed E-state index contributed by atoms with van der Waals surface area (Å²) in [4.78, 5) is 17.3. The predicted molar refractivity (Wildman–Crippen MR) is 122 cm³/mol. The van der Waals surface area contributed by atoms with Gasteiger partial charge in [0.05, 0.1) is 31.6 Å². The third-order valence-electron chi connectivity index (χ3n) is 6.09. The Kier molecular flexibility index (Phi) is 5.76. The molecule has 1 fully saturated rings. The maximum atomic E-state index is 13.1. The summed E-state index contributed by atoms with van der Waals surface area (Å²) < 4.78 is 13.4. The number of para-hydroxylation sites is 2. The molecule has 0 radical (unpaired) electrons. The highest BCUT2D eigenvalue weighted by Crippen LogP contribution is 2.30. The molecule has 2 aliphatic rings. The number of hydrogen-bond donors (Lipinski definition) is 0. The Morgan fingerprint density at radius 3 is 2.59 bits per heavy atom. The van der Waals surface area contributed by atoms with Crippen LogP contribution in [0.4, 0.5) is 5.69 Å². The van der Waals surface area contributed by atoms with Gasteiger partial charge in [-0.1, -0.05) is 35.9 Å². The van der Waals surface area contributed by atoms with E-state index < -0.39 is 0 Å². The zero-order valence-electron chi connectivity index (χ0n) is 17.9. The van der Waals surface area contributed by atoms with Crippen molar-refractivity contribution in [2.45, 2.75) is 19.3 Å². The van der Waals surface area contributed by atoms with Crippen LogP contribution in [0.5, 0.6) is 5.75 Å². The summed E-state index contributed by atoms with van der Waals surface area (Å²) in [5.41, 5.74) is 3.51. The van der Waals surface area contributed by atoms with Crippen molar-refractivity contribution in [2.24, 2.45) is 0 Å². The van der Waals surface area contributed by atoms with Gasteiger partial charge in [0, 0.05) is 31.2 Å². The molecule has 0 spiro atoms. The molecule has 166 valence electrons. The smallest absolute Gasteiger partial charge is 0.274 e. The lowest BCUT2D eigenvalue weighted by Crippen LogP contribution is -2.49. The molecule has 1 aromatic heterocycles. The number of carbonyl (C=O) groups is 1. The van der Waals surface area contributed by atoms with E-state index in [1.165, 1.54) is 0 Å². The summed E-state index contributed by atoms with van der Waals surface area (Å²) in [5, 5.41) is 5.31. The number of amides is 1. The van der Waals surface area contributed by atoms with Crippen LogP contribution in [-0.4, -0.2) is 53.9 Å². The Balaban J connectivity index is 1.24. The van der Waals surface area contributed by atoms with Crippen LogP contribution < -0.4 is 9.64 Å². The van der Waals surface area contributed by atoms with Gasteiger partial charge in [-0.25, -0.2) is 0 Å². The van der Waals surface area contributed by atoms with Crippen LogP contribution in [0.2, 0.25) is 5.02 Å². The highest BCUT2D eigenvalue weighted by atomic mass is 35.5. The second kappa shape index (κ2) is 8.84. The van der Waals surface area contributed by atoms with E-state index in [-0.39, 0.29) is 12.0 Å². The van der Waals surface area contributed by atoms with Crippen molar-refractivity contribution in [1.82, 2.24) is 14.7 Å². The van der Waals surface area contributed by atoms with Crippen molar-refractivity contribution in [3.05, 3.63) is 76.6 Å². The Labute approximate surface area is 192 Å². The number of fused-ring (bicyclic) bond motifs is 1. The van der Waals surface area contributed by atoms with Gasteiger partial charge < -0.3 is 19.3 Å². The van der Waals surface area contributed by atoms with Crippen molar-refractivity contribution in [2.75, 3.05) is 38.2 Å². The number of anilines is 1. The lowest BCUT2D eigenvalue weighted by Gasteiger charge is -2.36. The molecule has 2 aromatic carbocycles. The van der Waals surface area contributed by atoms with Gasteiger partial charge >= 0.3 is 0 Å². The number of methoxy groups -OCH3 is 1. The minimum atomic E-state index is -0.105. The van der Waals surface area contributed by atoms with E-state index in [4.69, 9.17) is 21.1 Å². The first-order chi connectivity index (χ1) is 15.6. The standard InChI is InChI=1S/C24H25ClN4O3/c1-31-22-5-3-2-4-21(22)27-10-12-28(13-11-27)24(30)20-14-19-16-32-23(15-29(19)26-20)17-6-8-18(25)9-7-17/h2-9,14,23H,10-13,15-16H2,1H3/t23-/m1/s1. The van der Waals surface area contributed by atoms with Gasteiger partial charge in [-0.2, -0.15) is 5.10 Å². The second-order valence-corrected chi connectivity index (χ2v) is 8.44. The monoisotopic (exact) mass is 452 g/mol. The fourth-order valence-corrected chi connectivity index (χ4v) is 4.44. The molecule has 0 unspecified atom stereocenters. The van der Waals surface area contributed by atoms with Crippen LogP contribution in [-0.2, 0) is 17.9 Å². The molecule has 8 heteroatoms. The number of piperazine rings is 1. The number of benzene rings is 2. The van der Waals surface area contributed by atoms with Crippen molar-refractivity contribution in [1.29, 1.82) is 0 Å². The Hall–Kier alpha value is -3.03. The van der Waals surface area contributed by atoms with Crippen LogP contribution >= 0.6 is 11.6 Å². The minimum Gasteiger partial charge on any atom is -0.495 e. The van der Waals surface area contributed by atoms with Gasteiger partial charge in [-0.15, -0.1) is 0 Å². The van der Waals surface area contributed by atoms with E-state index in [1.807, 2.05) is 58.1 Å². The molecule has 2 aliphatic heterocycles. The first kappa shape index (κ1) is 20.8. The van der Waals surface area contributed by atoms with Gasteiger partial charge in [0.1, 0.15) is 11.9 Å². The summed E-state index contributed by atoms with van der Waals surface area (Å²) in [7, 11) is 1.68. The predicted octanol–water partition coefficient (Wildman–Crippen LogP) is 3.78. The number of rotatable bonds is 4. The van der Waals surface area contributed by atoms with Crippen LogP contribution in [0.25, 0.3) is 0 Å². The average Bonchev–Trinajstić information content (AvgIpc) is 3.27. The molecule has 0 aliphatic carbocycles. The molecule has 1 amide bonds. The number of ether oxygens (including phenoxy) is 2. The van der Waals surface area contributed by atoms with Crippen LogP contribution in [0.3, 0.4) is 0 Å². The molecule has 1 atom stereocenters. The summed E-state index contributed by atoms with van der Waals surface area (Å²) in [6.07, 6.45) is -0.105. The normalized spacial score (nSPS) is 18.4. The van der Waals surface area contributed by atoms with Crippen LogP contribution in [0, 0.1) is 0 Å². The number of halogens is 1. The number of carbonyl (C=O) groups excluding carboxylic acids is 1. The molecule has 1 saturated heterocycles. The van der Waals surface area contributed by atoms with E-state index in [0.29, 0.717) is 37.0 Å². The van der Waals surface area contributed by atoms with Crippen molar-refractivity contribution in [3.8, 4) is 5.75 Å². The number of hydrogen-bond acceptors (Lipinski definition) is 5. The topological polar surface area (TPSA) is 59.8 Å². The molecular weight excluding hydrogens is 428 g/mol. The van der Waals surface area contributed by atoms with Gasteiger partial charge in [0.2, 0.25) is 0 Å². The van der Waals surface area contributed by atoms with Crippen LogP contribution in [0.1, 0.15) is 27.8 Å². The Morgan fingerprint density at radius 1 is 1.09 bits per heavy atom. The first-order valence-corrected chi connectivity index (χ1v) is 11.1. The average molecular weight is 453 g/mol. The van der Waals surface area contributed by atoms with Gasteiger partial charge in [0.15, 0.2) is 5.69 Å². The van der Waals surface area contributed by atoms with Gasteiger partial charge in [-0.05, 0) is 35.9 Å². The highest BCUT2D eigenvalue weighted by Gasteiger charge is 2.28. The third kappa shape index (κ3) is 4.06. The van der Waals surface area contributed by atoms with E-state index >= 15 is 0 Å². The lowest BCUT2D eigenvalue weighted by molar-refractivity contribution is -0.00121. The Bertz CT molecular complexity index is 1110. The zero-order chi connectivity index (χ0) is 22.1. The summed E-state index contributed by atoms with van der Waals surface area (Å²) in [6, 6.07) is 17.5. The molecule has 3 aromatic rings. The maximum Gasteiger partial charge on any atom is 0.274 e. The van der Waals surface area contributed by atoms with Crippen molar-refractivity contribution in [3.63, 3.8) is 0 Å². The molecule has 0 bridgehead atoms. The summed E-state index contributed by atoms with van der Waals surface area (Å²) in [6.45, 7) is 3.79. The fourth-order valence-electron chi connectivity index (χ4n) is 4.31. The zero-order valence-corrected chi connectivity index (χ0v) is 18.7. The third-order valence-corrected chi connectivity index (χ3v) is 6.34. The SMILES string of the molecule is COc1ccccc1N1CCN(C(=O)c2cc3n(n2)C[C@H](c2ccc(Cl)cc2)OC3)CC1. The summed E-state index contributed by atoms with van der Waals surface area (Å²) in [5.74, 6) is 0.818. The summed E-state index contributed by atoms with van der Waals surface area (Å²) >= 11 is 5.99. The maximum absolute atomic E-state index is 13.1. The van der Waals surface area contributed by atoms with Crippen molar-refractivity contribution >= 4 is 23.2 Å². The fraction of sp³-hybridized carbons (Fsp3) is 0.333. The molecule has 3 heterocycles. The first-order valence-electron chi connectivity index (χ1n) is 10.7. The van der Waals surface area contributed by atoms with E-state index in [2.05, 4.69) is 16.1 Å². The quantitative estimate of drug-likeness (QED) is 0.603. The number of aromatic nitrogens is 2. The second-order valence-electron chi connectivity index (χ2n) is 8.01. The molecule has 0 saturated carbocycles. The van der Waals surface area contributed by atoms with Crippen LogP contribution in [0.15, 0.2) is 54.6 Å². The molecule has 7 nitrogen and oxygen atoms in total. The van der Waals surface area contributed by atoms with E-state index in [9.17, 15) is 4.79 Å². The molecule has 32 heavy (non-hydrogen) atoms. The molecule has 5 rings (SSSR count). The molecule has 0 N–H and O–H groups in total. The minimum absolute atomic E-state index is 0.0328. The van der Waals surface area contributed by atoms with E-state index in [0.717, 1.165) is 35.8 Å². The molecular formula is C24H25ClN4O3. The van der Waals surface area contributed by atoms with E-state index in [1.54, 1.807) is 7.11 Å². The lowest BCUT2D eigenvalue weighted by atomic mass is 10.1. The largest absolute Gasteiger partial charge is 0.495 e.